The van der Waals surface area contributed by atoms with E-state index in [2.05, 4.69) is 0 Å². The molecule has 0 heterocycles. The van der Waals surface area contributed by atoms with Crippen LogP contribution in [0.15, 0.2) is 12.1 Å². The van der Waals surface area contributed by atoms with Crippen LogP contribution < -0.4 is 15.2 Å². The van der Waals surface area contributed by atoms with E-state index in [1.54, 1.807) is 0 Å². The van der Waals surface area contributed by atoms with Gasteiger partial charge in [-0.2, -0.15) is 0 Å². The molecule has 1 aromatic rings. The molecule has 0 aliphatic rings. The molecule has 0 bridgehead atoms. The summed E-state index contributed by atoms with van der Waals surface area (Å²) >= 11 is 0. The average molecular weight is 271 g/mol. The van der Waals surface area contributed by atoms with E-state index in [-0.39, 0.29) is 29.2 Å². The van der Waals surface area contributed by atoms with Crippen molar-refractivity contribution in [2.24, 2.45) is 5.73 Å². The Kier molecular flexibility index (Phi) is 5.11. The van der Waals surface area contributed by atoms with Crippen LogP contribution in [-0.4, -0.2) is 48.2 Å². The predicted molar refractivity (Wildman–Crippen MR) is 66.5 cm³/mol. The summed E-state index contributed by atoms with van der Waals surface area (Å²) in [7, 11) is 2.65. The second-order valence-corrected chi connectivity index (χ2v) is 3.85. The van der Waals surface area contributed by atoms with Crippen molar-refractivity contribution in [2.45, 2.75) is 12.2 Å². The van der Waals surface area contributed by atoms with Gasteiger partial charge in [0.2, 0.25) is 0 Å². The molecule has 0 radical (unpaired) electrons. The highest BCUT2D eigenvalue weighted by Crippen LogP contribution is 2.36. The number of rotatable bonds is 6. The minimum atomic E-state index is -1.34. The standard InChI is InChI=1S/C12H17NO6/c1-18-8-3-6(12(16)17)4-9(19-2)10(8)11(15)7(14)5-13/h3-4,7,11,14-15H,5,13H2,1-2H3,(H,16,17). The van der Waals surface area contributed by atoms with Gasteiger partial charge in [0.05, 0.1) is 31.5 Å². The molecule has 0 fully saturated rings. The van der Waals surface area contributed by atoms with Crippen LogP contribution in [0.4, 0.5) is 0 Å². The number of methoxy groups -OCH3 is 2. The van der Waals surface area contributed by atoms with E-state index in [0.717, 1.165) is 0 Å². The third-order valence-corrected chi connectivity index (χ3v) is 2.69. The van der Waals surface area contributed by atoms with E-state index < -0.39 is 18.2 Å². The van der Waals surface area contributed by atoms with Gasteiger partial charge in [-0.3, -0.25) is 0 Å². The number of aliphatic hydroxyl groups is 2. The zero-order valence-electron chi connectivity index (χ0n) is 10.7. The minimum Gasteiger partial charge on any atom is -0.496 e. The molecular weight excluding hydrogens is 254 g/mol. The van der Waals surface area contributed by atoms with Crippen molar-refractivity contribution in [1.82, 2.24) is 0 Å². The maximum Gasteiger partial charge on any atom is 0.335 e. The van der Waals surface area contributed by atoms with Gasteiger partial charge >= 0.3 is 5.97 Å². The van der Waals surface area contributed by atoms with Gasteiger partial charge in [0.15, 0.2) is 0 Å². The average Bonchev–Trinajstić information content (AvgIpc) is 2.43. The summed E-state index contributed by atoms with van der Waals surface area (Å²) in [5, 5.41) is 28.6. The lowest BCUT2D eigenvalue weighted by atomic mass is 10.00. The fraction of sp³-hybridized carbons (Fsp3) is 0.417. The van der Waals surface area contributed by atoms with E-state index in [1.165, 1.54) is 26.4 Å². The maximum atomic E-state index is 11.0. The van der Waals surface area contributed by atoms with Gasteiger partial charge in [0, 0.05) is 6.54 Å². The number of aromatic carboxylic acids is 1. The number of ether oxygens (including phenoxy) is 2. The second-order valence-electron chi connectivity index (χ2n) is 3.85. The van der Waals surface area contributed by atoms with Crippen molar-refractivity contribution < 1.29 is 29.6 Å². The molecule has 5 N–H and O–H groups in total. The molecule has 0 aromatic heterocycles. The van der Waals surface area contributed by atoms with Crippen molar-refractivity contribution >= 4 is 5.97 Å². The maximum absolute atomic E-state index is 11.0. The Morgan fingerprint density at radius 3 is 2.05 bits per heavy atom. The third-order valence-electron chi connectivity index (χ3n) is 2.69. The predicted octanol–water partition coefficient (Wildman–Crippen LogP) is -0.245. The Morgan fingerprint density at radius 1 is 1.26 bits per heavy atom. The smallest absolute Gasteiger partial charge is 0.335 e. The fourth-order valence-electron chi connectivity index (χ4n) is 1.68. The van der Waals surface area contributed by atoms with Gasteiger partial charge < -0.3 is 30.5 Å². The highest BCUT2D eigenvalue weighted by Gasteiger charge is 2.26. The number of carboxylic acids is 1. The summed E-state index contributed by atoms with van der Waals surface area (Å²) in [6.07, 6.45) is -2.55. The van der Waals surface area contributed by atoms with E-state index in [4.69, 9.17) is 20.3 Å². The summed E-state index contributed by atoms with van der Waals surface area (Å²) in [6.45, 7) is -0.159. The first-order valence-corrected chi connectivity index (χ1v) is 5.51. The van der Waals surface area contributed by atoms with Crippen LogP contribution in [0.1, 0.15) is 22.0 Å². The molecule has 0 amide bonds. The minimum absolute atomic E-state index is 0.0492. The van der Waals surface area contributed by atoms with E-state index in [9.17, 15) is 15.0 Å². The van der Waals surface area contributed by atoms with Gasteiger partial charge in [-0.25, -0.2) is 4.79 Å². The van der Waals surface area contributed by atoms with Gasteiger partial charge in [0.25, 0.3) is 0 Å². The van der Waals surface area contributed by atoms with Crippen LogP contribution in [0.25, 0.3) is 0 Å². The number of carbonyl (C=O) groups is 1. The zero-order valence-corrected chi connectivity index (χ0v) is 10.7. The van der Waals surface area contributed by atoms with Gasteiger partial charge in [-0.1, -0.05) is 0 Å². The molecule has 0 spiro atoms. The molecule has 0 saturated heterocycles. The number of carboxylic acid groups (broad SMARTS) is 1. The number of hydrogen-bond donors (Lipinski definition) is 4. The lowest BCUT2D eigenvalue weighted by molar-refractivity contribution is 0.0214. The Labute approximate surface area is 110 Å². The Bertz CT molecular complexity index is 437. The summed E-state index contributed by atoms with van der Waals surface area (Å²) in [4.78, 5) is 11.0. The fourth-order valence-corrected chi connectivity index (χ4v) is 1.68. The molecule has 1 rings (SSSR count). The first-order chi connectivity index (χ1) is 8.96. The summed E-state index contributed by atoms with van der Waals surface area (Å²) < 4.78 is 10.1. The first kappa shape index (κ1) is 15.2. The Morgan fingerprint density at radius 2 is 1.74 bits per heavy atom. The normalized spacial score (nSPS) is 13.7. The van der Waals surface area contributed by atoms with Gasteiger partial charge in [-0.15, -0.1) is 0 Å². The van der Waals surface area contributed by atoms with E-state index >= 15 is 0 Å². The monoisotopic (exact) mass is 271 g/mol. The molecule has 2 unspecified atom stereocenters. The highest BCUT2D eigenvalue weighted by molar-refractivity contribution is 5.89. The van der Waals surface area contributed by atoms with Crippen molar-refractivity contribution in [3.8, 4) is 11.5 Å². The van der Waals surface area contributed by atoms with E-state index in [0.29, 0.717) is 0 Å². The zero-order chi connectivity index (χ0) is 14.6. The van der Waals surface area contributed by atoms with Gasteiger partial charge in [0.1, 0.15) is 17.6 Å². The van der Waals surface area contributed by atoms with Crippen molar-refractivity contribution in [1.29, 1.82) is 0 Å². The number of aliphatic hydroxyl groups excluding tert-OH is 2. The topological polar surface area (TPSA) is 122 Å². The molecule has 7 nitrogen and oxygen atoms in total. The first-order valence-electron chi connectivity index (χ1n) is 5.51. The van der Waals surface area contributed by atoms with E-state index in [1.807, 2.05) is 0 Å². The third kappa shape index (κ3) is 3.14. The molecule has 19 heavy (non-hydrogen) atoms. The van der Waals surface area contributed by atoms with Crippen molar-refractivity contribution in [2.75, 3.05) is 20.8 Å². The molecule has 0 aliphatic carbocycles. The number of nitrogens with two attached hydrogens (primary N) is 1. The molecule has 2 atom stereocenters. The lowest BCUT2D eigenvalue weighted by Crippen LogP contribution is -2.28. The summed E-state index contributed by atoms with van der Waals surface area (Å²) in [5.74, 6) is -0.939. The molecule has 106 valence electrons. The number of benzene rings is 1. The van der Waals surface area contributed by atoms with Crippen molar-refractivity contribution in [3.05, 3.63) is 23.3 Å². The SMILES string of the molecule is COc1cc(C(=O)O)cc(OC)c1C(O)C(O)CN. The Balaban J connectivity index is 3.40. The van der Waals surface area contributed by atoms with Crippen LogP contribution in [0.5, 0.6) is 11.5 Å². The molecule has 7 heteroatoms. The van der Waals surface area contributed by atoms with Crippen LogP contribution in [0.3, 0.4) is 0 Å². The molecule has 1 aromatic carbocycles. The molecular formula is C12H17NO6. The van der Waals surface area contributed by atoms with Crippen LogP contribution in [0.2, 0.25) is 0 Å². The quantitative estimate of drug-likeness (QED) is 0.563. The van der Waals surface area contributed by atoms with Crippen molar-refractivity contribution in [3.63, 3.8) is 0 Å². The highest BCUT2D eigenvalue weighted by atomic mass is 16.5. The molecule has 0 saturated carbocycles. The molecule has 0 aliphatic heterocycles. The Hall–Kier alpha value is -1.83. The summed E-state index contributed by atoms with van der Waals surface area (Å²) in [5.41, 5.74) is 5.40. The number of hydrogen-bond acceptors (Lipinski definition) is 6. The van der Waals surface area contributed by atoms with Gasteiger partial charge in [-0.05, 0) is 12.1 Å². The van der Waals surface area contributed by atoms with Crippen LogP contribution in [0, 0.1) is 0 Å². The summed E-state index contributed by atoms with van der Waals surface area (Å²) in [6, 6.07) is 2.49. The second kappa shape index (κ2) is 6.37. The van der Waals surface area contributed by atoms with Crippen LogP contribution >= 0.6 is 0 Å². The van der Waals surface area contributed by atoms with Crippen LogP contribution in [-0.2, 0) is 0 Å². The largest absolute Gasteiger partial charge is 0.496 e. The lowest BCUT2D eigenvalue weighted by Gasteiger charge is -2.21.